The van der Waals surface area contributed by atoms with Crippen molar-refractivity contribution in [1.82, 2.24) is 5.32 Å². The Balaban J connectivity index is 2.06. The van der Waals surface area contributed by atoms with Gasteiger partial charge in [0.15, 0.2) is 0 Å². The largest absolute Gasteiger partial charge is 0.387 e. The van der Waals surface area contributed by atoms with Crippen LogP contribution in [0.5, 0.6) is 0 Å². The van der Waals surface area contributed by atoms with Gasteiger partial charge in [0.1, 0.15) is 0 Å². The summed E-state index contributed by atoms with van der Waals surface area (Å²) in [5.74, 6) is 0. The molecule has 1 fully saturated rings. The Morgan fingerprint density at radius 1 is 1.53 bits per heavy atom. The predicted molar refractivity (Wildman–Crippen MR) is 62.0 cm³/mol. The maximum atomic E-state index is 10.1. The monoisotopic (exact) mass is 225 g/mol. The Hall–Kier alpha value is -0.570. The first-order chi connectivity index (χ1) is 6.98. The summed E-state index contributed by atoms with van der Waals surface area (Å²) in [6.45, 7) is 4.27. The van der Waals surface area contributed by atoms with Gasteiger partial charge in [0, 0.05) is 16.6 Å². The molecule has 0 aliphatic carbocycles. The fourth-order valence-corrected chi connectivity index (χ4v) is 2.34. The average molecular weight is 226 g/mol. The highest BCUT2D eigenvalue weighted by atomic mass is 35.5. The maximum absolute atomic E-state index is 10.1. The molecule has 15 heavy (non-hydrogen) atoms. The zero-order valence-electron chi connectivity index (χ0n) is 9.00. The predicted octanol–water partition coefficient (Wildman–Crippen LogP) is 2.51. The van der Waals surface area contributed by atoms with E-state index in [0.717, 1.165) is 12.0 Å². The van der Waals surface area contributed by atoms with E-state index >= 15 is 0 Å². The Kier molecular flexibility index (Phi) is 2.75. The van der Waals surface area contributed by atoms with Crippen molar-refractivity contribution in [3.8, 4) is 0 Å². The first-order valence-corrected chi connectivity index (χ1v) is 5.57. The van der Waals surface area contributed by atoms with Crippen LogP contribution in [0.3, 0.4) is 0 Å². The molecule has 2 nitrogen and oxygen atoms in total. The standard InChI is InChI=1S/C12H16ClNO/c1-12(2)7-10(14-12)11(15)8-4-3-5-9(13)6-8/h3-6,10-11,14-15H,7H2,1-2H3/t10-,11+/m1/s1. The number of halogens is 1. The first-order valence-electron chi connectivity index (χ1n) is 5.19. The number of hydrogen-bond acceptors (Lipinski definition) is 2. The number of hydrogen-bond donors (Lipinski definition) is 2. The number of benzene rings is 1. The van der Waals surface area contributed by atoms with E-state index in [9.17, 15) is 5.11 Å². The Morgan fingerprint density at radius 2 is 2.20 bits per heavy atom. The van der Waals surface area contributed by atoms with E-state index in [1.165, 1.54) is 0 Å². The van der Waals surface area contributed by atoms with Crippen LogP contribution < -0.4 is 5.32 Å². The zero-order chi connectivity index (χ0) is 11.1. The van der Waals surface area contributed by atoms with Gasteiger partial charge in [-0.25, -0.2) is 0 Å². The van der Waals surface area contributed by atoms with Crippen LogP contribution in [-0.4, -0.2) is 16.7 Å². The minimum Gasteiger partial charge on any atom is -0.387 e. The second-order valence-electron chi connectivity index (χ2n) is 4.84. The summed E-state index contributed by atoms with van der Waals surface area (Å²) >= 11 is 5.88. The van der Waals surface area contributed by atoms with Crippen molar-refractivity contribution in [2.24, 2.45) is 0 Å². The van der Waals surface area contributed by atoms with Gasteiger partial charge in [-0.2, -0.15) is 0 Å². The van der Waals surface area contributed by atoms with Crippen LogP contribution in [0.1, 0.15) is 31.9 Å². The maximum Gasteiger partial charge on any atom is 0.0944 e. The summed E-state index contributed by atoms with van der Waals surface area (Å²) in [7, 11) is 0. The van der Waals surface area contributed by atoms with Gasteiger partial charge < -0.3 is 10.4 Å². The van der Waals surface area contributed by atoms with Crippen LogP contribution in [-0.2, 0) is 0 Å². The van der Waals surface area contributed by atoms with Gasteiger partial charge in [-0.15, -0.1) is 0 Å². The lowest BCUT2D eigenvalue weighted by Gasteiger charge is -2.46. The van der Waals surface area contributed by atoms with E-state index in [1.807, 2.05) is 24.3 Å². The van der Waals surface area contributed by atoms with Gasteiger partial charge in [-0.05, 0) is 38.0 Å². The van der Waals surface area contributed by atoms with E-state index in [1.54, 1.807) is 0 Å². The van der Waals surface area contributed by atoms with Crippen LogP contribution >= 0.6 is 11.6 Å². The first kappa shape index (κ1) is 10.9. The number of nitrogens with one attached hydrogen (secondary N) is 1. The smallest absolute Gasteiger partial charge is 0.0944 e. The molecular formula is C12H16ClNO. The highest BCUT2D eigenvalue weighted by Crippen LogP contribution is 2.32. The highest BCUT2D eigenvalue weighted by Gasteiger charge is 2.39. The lowest BCUT2D eigenvalue weighted by atomic mass is 9.81. The van der Waals surface area contributed by atoms with Crippen molar-refractivity contribution in [2.45, 2.75) is 38.0 Å². The number of rotatable bonds is 2. The molecule has 0 saturated carbocycles. The molecule has 1 saturated heterocycles. The van der Waals surface area contributed by atoms with E-state index in [4.69, 9.17) is 11.6 Å². The van der Waals surface area contributed by atoms with E-state index in [-0.39, 0.29) is 11.6 Å². The molecule has 0 aromatic heterocycles. The summed E-state index contributed by atoms with van der Waals surface area (Å²) < 4.78 is 0. The number of aliphatic hydroxyl groups is 1. The molecule has 1 aromatic carbocycles. The SMILES string of the molecule is CC1(C)C[C@H]([C@@H](O)c2cccc(Cl)c2)N1. The molecule has 1 aliphatic rings. The van der Waals surface area contributed by atoms with Crippen LogP contribution in [0.2, 0.25) is 5.02 Å². The Labute approximate surface area is 95.3 Å². The van der Waals surface area contributed by atoms with Gasteiger partial charge in [0.05, 0.1) is 6.10 Å². The Morgan fingerprint density at radius 3 is 2.73 bits per heavy atom. The molecule has 0 spiro atoms. The van der Waals surface area contributed by atoms with Crippen molar-refractivity contribution in [2.75, 3.05) is 0 Å². The molecule has 1 aromatic rings. The van der Waals surface area contributed by atoms with Crippen molar-refractivity contribution in [3.63, 3.8) is 0 Å². The molecule has 0 unspecified atom stereocenters. The molecular weight excluding hydrogens is 210 g/mol. The van der Waals surface area contributed by atoms with E-state index in [2.05, 4.69) is 19.2 Å². The third-order valence-electron chi connectivity index (χ3n) is 2.88. The summed E-state index contributed by atoms with van der Waals surface area (Å²) in [5.41, 5.74) is 1.04. The van der Waals surface area contributed by atoms with Crippen LogP contribution in [0, 0.1) is 0 Å². The molecule has 1 aliphatic heterocycles. The van der Waals surface area contributed by atoms with E-state index in [0.29, 0.717) is 5.02 Å². The van der Waals surface area contributed by atoms with Crippen molar-refractivity contribution in [1.29, 1.82) is 0 Å². The van der Waals surface area contributed by atoms with Gasteiger partial charge in [0.2, 0.25) is 0 Å². The Bertz CT molecular complexity index is 356. The van der Waals surface area contributed by atoms with Gasteiger partial charge in [0.25, 0.3) is 0 Å². The van der Waals surface area contributed by atoms with Crippen molar-refractivity contribution >= 4 is 11.6 Å². The normalized spacial score (nSPS) is 25.7. The summed E-state index contributed by atoms with van der Waals surface area (Å²) in [6, 6.07) is 7.56. The summed E-state index contributed by atoms with van der Waals surface area (Å²) in [5, 5.41) is 14.1. The molecule has 1 heterocycles. The molecule has 0 bridgehead atoms. The van der Waals surface area contributed by atoms with Crippen LogP contribution in [0.25, 0.3) is 0 Å². The quantitative estimate of drug-likeness (QED) is 0.811. The molecule has 0 radical (unpaired) electrons. The highest BCUT2D eigenvalue weighted by molar-refractivity contribution is 6.30. The third-order valence-corrected chi connectivity index (χ3v) is 3.11. The second-order valence-corrected chi connectivity index (χ2v) is 5.28. The van der Waals surface area contributed by atoms with Gasteiger partial charge in [-0.1, -0.05) is 23.7 Å². The molecule has 82 valence electrons. The van der Waals surface area contributed by atoms with Gasteiger partial charge in [-0.3, -0.25) is 0 Å². The second kappa shape index (κ2) is 3.78. The fourth-order valence-electron chi connectivity index (χ4n) is 2.14. The molecule has 0 amide bonds. The lowest BCUT2D eigenvalue weighted by Crippen LogP contribution is -2.61. The number of aliphatic hydroxyl groups excluding tert-OH is 1. The van der Waals surface area contributed by atoms with Crippen LogP contribution in [0.15, 0.2) is 24.3 Å². The zero-order valence-corrected chi connectivity index (χ0v) is 9.75. The van der Waals surface area contributed by atoms with E-state index < -0.39 is 6.10 Å². The minimum atomic E-state index is -0.461. The third kappa shape index (κ3) is 2.33. The lowest BCUT2D eigenvalue weighted by molar-refractivity contribution is 0.0390. The van der Waals surface area contributed by atoms with Crippen molar-refractivity contribution < 1.29 is 5.11 Å². The molecule has 2 N–H and O–H groups in total. The minimum absolute atomic E-state index is 0.151. The molecule has 2 rings (SSSR count). The van der Waals surface area contributed by atoms with Crippen molar-refractivity contribution in [3.05, 3.63) is 34.9 Å². The molecule has 3 heteroatoms. The average Bonchev–Trinajstić information content (AvgIpc) is 2.13. The van der Waals surface area contributed by atoms with Crippen LogP contribution in [0.4, 0.5) is 0 Å². The van der Waals surface area contributed by atoms with Gasteiger partial charge >= 0.3 is 0 Å². The summed E-state index contributed by atoms with van der Waals surface area (Å²) in [6.07, 6.45) is 0.525. The summed E-state index contributed by atoms with van der Waals surface area (Å²) in [4.78, 5) is 0. The fraction of sp³-hybridized carbons (Fsp3) is 0.500. The topological polar surface area (TPSA) is 32.3 Å². The molecule has 2 atom stereocenters.